The van der Waals surface area contributed by atoms with E-state index >= 15 is 0 Å². The highest BCUT2D eigenvalue weighted by Gasteiger charge is 2.13. The van der Waals surface area contributed by atoms with Crippen molar-refractivity contribution in [2.24, 2.45) is 0 Å². The molecule has 2 N–H and O–H groups in total. The van der Waals surface area contributed by atoms with E-state index in [4.69, 9.17) is 0 Å². The summed E-state index contributed by atoms with van der Waals surface area (Å²) in [5.41, 5.74) is 5.51. The quantitative estimate of drug-likeness (QED) is 0.478. The van der Waals surface area contributed by atoms with E-state index in [2.05, 4.69) is 54.5 Å². The van der Waals surface area contributed by atoms with Crippen molar-refractivity contribution in [3.05, 3.63) is 72.3 Å². The Balaban J connectivity index is 1.49. The molecule has 0 aliphatic rings. The van der Waals surface area contributed by atoms with Gasteiger partial charge in [-0.05, 0) is 31.5 Å². The number of benzene rings is 2. The molecular formula is C22H19N7. The molecule has 0 aliphatic carbocycles. The molecule has 5 rings (SSSR count). The first-order chi connectivity index (χ1) is 14.2. The van der Waals surface area contributed by atoms with E-state index in [0.29, 0.717) is 5.95 Å². The summed E-state index contributed by atoms with van der Waals surface area (Å²) in [6.45, 7) is 4.04. The van der Waals surface area contributed by atoms with Crippen LogP contribution in [0, 0.1) is 6.92 Å². The number of nitrogens with one attached hydrogen (secondary N) is 2. The third-order valence-electron chi connectivity index (χ3n) is 5.04. The second kappa shape index (κ2) is 6.94. The minimum Gasteiger partial charge on any atom is -0.348 e. The fraction of sp³-hybridized carbons (Fsp3) is 0.136. The molecule has 0 saturated carbocycles. The van der Waals surface area contributed by atoms with Gasteiger partial charge < -0.3 is 5.32 Å². The highest BCUT2D eigenvalue weighted by molar-refractivity contribution is 5.94. The Morgan fingerprint density at radius 2 is 1.86 bits per heavy atom. The SMILES string of the molecule is Cc1n[nH]c2ncnc(-c3ccc4nc(NC(C)c5ccccc5)ncc4c3)c12. The number of aromatic amines is 1. The number of rotatable bonds is 4. The van der Waals surface area contributed by atoms with Gasteiger partial charge in [-0.15, -0.1) is 0 Å². The van der Waals surface area contributed by atoms with Gasteiger partial charge in [0.05, 0.1) is 28.3 Å². The second-order valence-corrected chi connectivity index (χ2v) is 7.00. The molecule has 3 aromatic heterocycles. The van der Waals surface area contributed by atoms with E-state index in [1.54, 1.807) is 6.33 Å². The summed E-state index contributed by atoms with van der Waals surface area (Å²) in [7, 11) is 0. The van der Waals surface area contributed by atoms with Crippen molar-refractivity contribution in [3.63, 3.8) is 0 Å². The highest BCUT2D eigenvalue weighted by Crippen LogP contribution is 2.29. The Morgan fingerprint density at radius 3 is 2.72 bits per heavy atom. The smallest absolute Gasteiger partial charge is 0.223 e. The molecule has 0 spiro atoms. The molecule has 7 nitrogen and oxygen atoms in total. The molecule has 1 atom stereocenters. The van der Waals surface area contributed by atoms with Gasteiger partial charge in [0.1, 0.15) is 6.33 Å². The number of fused-ring (bicyclic) bond motifs is 2. The second-order valence-electron chi connectivity index (χ2n) is 7.00. The molecule has 0 fully saturated rings. The maximum Gasteiger partial charge on any atom is 0.223 e. The zero-order valence-corrected chi connectivity index (χ0v) is 16.1. The fourth-order valence-electron chi connectivity index (χ4n) is 3.49. The summed E-state index contributed by atoms with van der Waals surface area (Å²) in [6, 6.07) is 16.4. The first-order valence-corrected chi connectivity index (χ1v) is 9.43. The molecule has 0 aliphatic heterocycles. The zero-order valence-electron chi connectivity index (χ0n) is 16.1. The van der Waals surface area contributed by atoms with E-state index in [9.17, 15) is 0 Å². The Hall–Kier alpha value is -3.87. The predicted molar refractivity (Wildman–Crippen MR) is 113 cm³/mol. The summed E-state index contributed by atoms with van der Waals surface area (Å²) in [5.74, 6) is 0.608. The lowest BCUT2D eigenvalue weighted by molar-refractivity contribution is 0.864. The molecule has 0 saturated heterocycles. The Kier molecular flexibility index (Phi) is 4.13. The largest absolute Gasteiger partial charge is 0.348 e. The van der Waals surface area contributed by atoms with Gasteiger partial charge in [0.2, 0.25) is 5.95 Å². The van der Waals surface area contributed by atoms with Crippen LogP contribution in [0.3, 0.4) is 0 Å². The van der Waals surface area contributed by atoms with Gasteiger partial charge in [-0.3, -0.25) is 5.10 Å². The molecule has 5 aromatic rings. The van der Waals surface area contributed by atoms with Crippen molar-refractivity contribution in [3.8, 4) is 11.3 Å². The molecule has 0 bridgehead atoms. The molecular weight excluding hydrogens is 362 g/mol. The van der Waals surface area contributed by atoms with Crippen molar-refractivity contribution in [2.45, 2.75) is 19.9 Å². The number of aryl methyl sites for hydroxylation is 1. The normalized spacial score (nSPS) is 12.3. The topological polar surface area (TPSA) is 92.3 Å². The Bertz CT molecular complexity index is 1310. The number of anilines is 1. The van der Waals surface area contributed by atoms with Gasteiger partial charge in [-0.25, -0.2) is 19.9 Å². The summed E-state index contributed by atoms with van der Waals surface area (Å²) >= 11 is 0. The molecule has 2 aromatic carbocycles. The highest BCUT2D eigenvalue weighted by atomic mass is 15.2. The summed E-state index contributed by atoms with van der Waals surface area (Å²) in [4.78, 5) is 17.9. The number of hydrogen-bond acceptors (Lipinski definition) is 6. The van der Waals surface area contributed by atoms with Gasteiger partial charge in [0, 0.05) is 17.1 Å². The lowest BCUT2D eigenvalue weighted by Crippen LogP contribution is -2.09. The predicted octanol–water partition coefficient (Wildman–Crippen LogP) is 4.44. The molecule has 0 amide bonds. The molecule has 1 unspecified atom stereocenters. The van der Waals surface area contributed by atoms with Crippen LogP contribution in [0.4, 0.5) is 5.95 Å². The Morgan fingerprint density at radius 1 is 1.00 bits per heavy atom. The number of hydrogen-bond donors (Lipinski definition) is 2. The van der Waals surface area contributed by atoms with Crippen LogP contribution in [-0.2, 0) is 0 Å². The molecule has 0 radical (unpaired) electrons. The molecule has 29 heavy (non-hydrogen) atoms. The van der Waals surface area contributed by atoms with E-state index < -0.39 is 0 Å². The Labute approximate surface area is 167 Å². The van der Waals surface area contributed by atoms with Crippen LogP contribution in [0.1, 0.15) is 24.2 Å². The third kappa shape index (κ3) is 3.16. The van der Waals surface area contributed by atoms with Gasteiger partial charge in [0.15, 0.2) is 5.65 Å². The maximum absolute atomic E-state index is 4.67. The number of aromatic nitrogens is 6. The standard InChI is InChI=1S/C22H19N7/c1-13(15-6-4-3-5-7-15)26-22-23-11-17-10-16(8-9-18(17)27-22)20-19-14(2)28-29-21(19)25-12-24-20/h3-13H,1-2H3,(H,23,26,27)(H,24,25,28,29). The lowest BCUT2D eigenvalue weighted by Gasteiger charge is -2.14. The van der Waals surface area contributed by atoms with Crippen molar-refractivity contribution in [1.82, 2.24) is 30.1 Å². The van der Waals surface area contributed by atoms with Crippen molar-refractivity contribution < 1.29 is 0 Å². The average Bonchev–Trinajstić information content (AvgIpc) is 3.15. The van der Waals surface area contributed by atoms with Crippen LogP contribution in [0.25, 0.3) is 33.2 Å². The first kappa shape index (κ1) is 17.2. The van der Waals surface area contributed by atoms with Gasteiger partial charge >= 0.3 is 0 Å². The first-order valence-electron chi connectivity index (χ1n) is 9.43. The summed E-state index contributed by atoms with van der Waals surface area (Å²) < 4.78 is 0. The van der Waals surface area contributed by atoms with Crippen LogP contribution in [0.5, 0.6) is 0 Å². The lowest BCUT2D eigenvalue weighted by atomic mass is 10.1. The van der Waals surface area contributed by atoms with Crippen LogP contribution >= 0.6 is 0 Å². The maximum atomic E-state index is 4.67. The van der Waals surface area contributed by atoms with Crippen molar-refractivity contribution >= 4 is 27.9 Å². The van der Waals surface area contributed by atoms with Crippen LogP contribution in [-0.4, -0.2) is 30.1 Å². The van der Waals surface area contributed by atoms with Crippen LogP contribution in [0.2, 0.25) is 0 Å². The minimum atomic E-state index is 0.117. The summed E-state index contributed by atoms with van der Waals surface area (Å²) in [5, 5.41) is 12.4. The van der Waals surface area contributed by atoms with Crippen molar-refractivity contribution in [1.29, 1.82) is 0 Å². The minimum absolute atomic E-state index is 0.117. The molecule has 142 valence electrons. The van der Waals surface area contributed by atoms with E-state index in [0.717, 1.165) is 38.9 Å². The molecule has 3 heterocycles. The summed E-state index contributed by atoms with van der Waals surface area (Å²) in [6.07, 6.45) is 3.39. The van der Waals surface area contributed by atoms with Crippen LogP contribution < -0.4 is 5.32 Å². The number of H-pyrrole nitrogens is 1. The third-order valence-corrected chi connectivity index (χ3v) is 5.04. The van der Waals surface area contributed by atoms with Gasteiger partial charge in [-0.2, -0.15) is 5.10 Å². The monoisotopic (exact) mass is 381 g/mol. The zero-order chi connectivity index (χ0) is 19.8. The van der Waals surface area contributed by atoms with E-state index in [1.165, 1.54) is 5.56 Å². The molecule has 7 heteroatoms. The average molecular weight is 381 g/mol. The van der Waals surface area contributed by atoms with E-state index in [-0.39, 0.29) is 6.04 Å². The fourth-order valence-corrected chi connectivity index (χ4v) is 3.49. The van der Waals surface area contributed by atoms with Crippen molar-refractivity contribution in [2.75, 3.05) is 5.32 Å². The van der Waals surface area contributed by atoms with Gasteiger partial charge in [0.25, 0.3) is 0 Å². The van der Waals surface area contributed by atoms with E-state index in [1.807, 2.05) is 49.5 Å². The number of nitrogens with zero attached hydrogens (tertiary/aromatic N) is 5. The van der Waals surface area contributed by atoms with Gasteiger partial charge in [-0.1, -0.05) is 36.4 Å². The van der Waals surface area contributed by atoms with Crippen LogP contribution in [0.15, 0.2) is 61.1 Å².